The van der Waals surface area contributed by atoms with Crippen LogP contribution in [0.2, 0.25) is 0 Å². The van der Waals surface area contributed by atoms with Crippen LogP contribution in [0.5, 0.6) is 5.75 Å². The van der Waals surface area contributed by atoms with Gasteiger partial charge >= 0.3 is 12.6 Å². The number of aromatic carboxylic acids is 1. The third kappa shape index (κ3) is 3.11. The smallest absolute Gasteiger partial charge is 0.387 e. The van der Waals surface area contributed by atoms with Crippen molar-refractivity contribution in [2.24, 2.45) is 0 Å². The Morgan fingerprint density at radius 3 is 2.46 bits per heavy atom. The summed E-state index contributed by atoms with van der Waals surface area (Å²) in [6, 6.07) is 6.07. The van der Waals surface area contributed by atoms with Gasteiger partial charge in [0.05, 0.1) is 17.1 Å². The van der Waals surface area contributed by atoms with E-state index < -0.39 is 12.6 Å². The zero-order valence-corrected chi connectivity index (χ0v) is 13.2. The van der Waals surface area contributed by atoms with Crippen molar-refractivity contribution < 1.29 is 23.4 Å². The molecule has 1 saturated carbocycles. The fourth-order valence-corrected chi connectivity index (χ4v) is 3.35. The van der Waals surface area contributed by atoms with E-state index in [1.54, 1.807) is 23.7 Å². The topological polar surface area (TPSA) is 64.4 Å². The number of rotatable bonds is 5. The average molecular weight is 336 g/mol. The van der Waals surface area contributed by atoms with Gasteiger partial charge in [-0.2, -0.15) is 13.9 Å². The Bertz CT molecular complexity index is 735. The van der Waals surface area contributed by atoms with Gasteiger partial charge in [0.1, 0.15) is 11.3 Å². The fraction of sp³-hybridized carbons (Fsp3) is 0.412. The highest BCUT2D eigenvalue weighted by atomic mass is 19.3. The van der Waals surface area contributed by atoms with Crippen LogP contribution in [-0.2, 0) is 0 Å². The quantitative estimate of drug-likeness (QED) is 0.891. The van der Waals surface area contributed by atoms with Gasteiger partial charge in [0, 0.05) is 5.92 Å². The molecule has 1 aromatic carbocycles. The summed E-state index contributed by atoms with van der Waals surface area (Å²) in [4.78, 5) is 11.7. The van der Waals surface area contributed by atoms with Crippen molar-refractivity contribution in [1.29, 1.82) is 0 Å². The van der Waals surface area contributed by atoms with E-state index in [0.29, 0.717) is 17.1 Å². The third-order valence-electron chi connectivity index (χ3n) is 4.36. The molecular weight excluding hydrogens is 318 g/mol. The Morgan fingerprint density at radius 2 is 1.92 bits per heavy atom. The number of carboxylic acids is 1. The average Bonchev–Trinajstić information content (AvgIpc) is 3.14. The van der Waals surface area contributed by atoms with E-state index in [-0.39, 0.29) is 17.2 Å². The molecule has 24 heavy (non-hydrogen) atoms. The largest absolute Gasteiger partial charge is 0.478 e. The molecule has 0 unspecified atom stereocenters. The van der Waals surface area contributed by atoms with E-state index in [1.807, 2.05) is 0 Å². The highest BCUT2D eigenvalue weighted by molar-refractivity contribution is 5.90. The number of aromatic nitrogens is 2. The number of ether oxygens (including phenoxy) is 1. The molecule has 0 atom stereocenters. The summed E-state index contributed by atoms with van der Waals surface area (Å²) in [5, 5.41) is 13.9. The molecule has 1 heterocycles. The van der Waals surface area contributed by atoms with Crippen molar-refractivity contribution in [2.75, 3.05) is 0 Å². The molecule has 1 aromatic heterocycles. The number of hydrogen-bond donors (Lipinski definition) is 1. The van der Waals surface area contributed by atoms with E-state index in [9.17, 15) is 18.7 Å². The van der Waals surface area contributed by atoms with Gasteiger partial charge in [0.15, 0.2) is 0 Å². The van der Waals surface area contributed by atoms with E-state index in [0.717, 1.165) is 25.7 Å². The van der Waals surface area contributed by atoms with Gasteiger partial charge in [-0.3, -0.25) is 0 Å². The molecule has 3 rings (SSSR count). The molecule has 128 valence electrons. The van der Waals surface area contributed by atoms with Crippen molar-refractivity contribution in [3.05, 3.63) is 41.2 Å². The van der Waals surface area contributed by atoms with Gasteiger partial charge in [-0.1, -0.05) is 12.8 Å². The normalized spacial score (nSPS) is 15.2. The van der Waals surface area contributed by atoms with Crippen LogP contribution in [0, 0.1) is 6.92 Å². The highest BCUT2D eigenvalue weighted by Gasteiger charge is 2.30. The molecule has 1 aliphatic carbocycles. The standard InChI is InChI=1S/C17H18F2N2O3/c1-10-14(16(22)23)15(11-4-2-3-5-11)21(20-10)12-6-8-13(9-7-12)24-17(18)19/h6-9,11,17H,2-5H2,1H3,(H,22,23). The van der Waals surface area contributed by atoms with Crippen molar-refractivity contribution in [2.45, 2.75) is 45.1 Å². The molecule has 5 nitrogen and oxygen atoms in total. The Hall–Kier alpha value is -2.44. The summed E-state index contributed by atoms with van der Waals surface area (Å²) in [5.74, 6) is -0.786. The molecule has 0 aliphatic heterocycles. The second-order valence-electron chi connectivity index (χ2n) is 5.92. The summed E-state index contributed by atoms with van der Waals surface area (Å²) < 4.78 is 30.5. The molecule has 7 heteroatoms. The summed E-state index contributed by atoms with van der Waals surface area (Å²) in [6.45, 7) is -1.21. The minimum absolute atomic E-state index is 0.0542. The van der Waals surface area contributed by atoms with Crippen LogP contribution in [0.25, 0.3) is 5.69 Å². The van der Waals surface area contributed by atoms with Crippen molar-refractivity contribution in [3.63, 3.8) is 0 Å². The Morgan fingerprint density at radius 1 is 1.29 bits per heavy atom. The summed E-state index contributed by atoms with van der Waals surface area (Å²) in [7, 11) is 0. The fourth-order valence-electron chi connectivity index (χ4n) is 3.35. The van der Waals surface area contributed by atoms with Crippen LogP contribution in [0.1, 0.15) is 53.3 Å². The lowest BCUT2D eigenvalue weighted by atomic mass is 9.98. The van der Waals surface area contributed by atoms with Crippen molar-refractivity contribution >= 4 is 5.97 Å². The predicted octanol–water partition coefficient (Wildman–Crippen LogP) is 4.14. The van der Waals surface area contributed by atoms with Crippen LogP contribution >= 0.6 is 0 Å². The van der Waals surface area contributed by atoms with Crippen LogP contribution in [0.15, 0.2) is 24.3 Å². The third-order valence-corrected chi connectivity index (χ3v) is 4.36. The van der Waals surface area contributed by atoms with Crippen molar-refractivity contribution in [3.8, 4) is 11.4 Å². The zero-order valence-electron chi connectivity index (χ0n) is 13.2. The zero-order chi connectivity index (χ0) is 17.3. The lowest BCUT2D eigenvalue weighted by molar-refractivity contribution is -0.0498. The molecule has 0 amide bonds. The monoisotopic (exact) mass is 336 g/mol. The summed E-state index contributed by atoms with van der Waals surface area (Å²) in [5.41, 5.74) is 2.03. The second-order valence-corrected chi connectivity index (χ2v) is 5.92. The Kier molecular flexibility index (Phi) is 4.51. The first-order valence-corrected chi connectivity index (χ1v) is 7.85. The Labute approximate surface area is 137 Å². The molecule has 0 spiro atoms. The second kappa shape index (κ2) is 6.59. The van der Waals surface area contributed by atoms with Crippen LogP contribution in [0.3, 0.4) is 0 Å². The van der Waals surface area contributed by atoms with Crippen LogP contribution in [0.4, 0.5) is 8.78 Å². The number of aryl methyl sites for hydroxylation is 1. The number of benzene rings is 1. The van der Waals surface area contributed by atoms with E-state index in [1.165, 1.54) is 12.1 Å². The maximum atomic E-state index is 12.3. The minimum Gasteiger partial charge on any atom is -0.478 e. The van der Waals surface area contributed by atoms with Crippen LogP contribution in [-0.4, -0.2) is 27.5 Å². The molecule has 1 fully saturated rings. The number of halogens is 2. The number of carboxylic acid groups (broad SMARTS) is 1. The first-order chi connectivity index (χ1) is 11.5. The van der Waals surface area contributed by atoms with Gasteiger partial charge in [-0.25, -0.2) is 9.48 Å². The highest BCUT2D eigenvalue weighted by Crippen LogP contribution is 2.38. The van der Waals surface area contributed by atoms with Crippen LogP contribution < -0.4 is 4.74 Å². The number of hydrogen-bond acceptors (Lipinski definition) is 3. The number of carbonyl (C=O) groups is 1. The molecule has 0 bridgehead atoms. The van der Waals surface area contributed by atoms with E-state index in [4.69, 9.17) is 0 Å². The minimum atomic E-state index is -2.88. The first-order valence-electron chi connectivity index (χ1n) is 7.85. The summed E-state index contributed by atoms with van der Waals surface area (Å²) in [6.07, 6.45) is 3.99. The van der Waals surface area contributed by atoms with Gasteiger partial charge in [-0.05, 0) is 44.0 Å². The van der Waals surface area contributed by atoms with Crippen molar-refractivity contribution in [1.82, 2.24) is 9.78 Å². The first kappa shape index (κ1) is 16.4. The van der Waals surface area contributed by atoms with Gasteiger partial charge < -0.3 is 9.84 Å². The number of alkyl halides is 2. The molecular formula is C17H18F2N2O3. The molecule has 0 saturated heterocycles. The molecule has 2 aromatic rings. The van der Waals surface area contributed by atoms with Gasteiger partial charge in [0.25, 0.3) is 0 Å². The number of nitrogens with zero attached hydrogens (tertiary/aromatic N) is 2. The lowest BCUT2D eigenvalue weighted by Gasteiger charge is -2.14. The van der Waals surface area contributed by atoms with E-state index in [2.05, 4.69) is 9.84 Å². The van der Waals surface area contributed by atoms with Gasteiger partial charge in [0.2, 0.25) is 0 Å². The van der Waals surface area contributed by atoms with Gasteiger partial charge in [-0.15, -0.1) is 0 Å². The maximum absolute atomic E-state index is 12.3. The Balaban J connectivity index is 2.03. The molecule has 0 radical (unpaired) electrons. The maximum Gasteiger partial charge on any atom is 0.387 e. The van der Waals surface area contributed by atoms with E-state index >= 15 is 0 Å². The molecule has 1 N–H and O–H groups in total. The molecule has 1 aliphatic rings. The SMILES string of the molecule is Cc1nn(-c2ccc(OC(F)F)cc2)c(C2CCCC2)c1C(=O)O. The summed E-state index contributed by atoms with van der Waals surface area (Å²) >= 11 is 0. The lowest BCUT2D eigenvalue weighted by Crippen LogP contribution is -2.10. The predicted molar refractivity (Wildman–Crippen MR) is 83.1 cm³/mol.